The van der Waals surface area contributed by atoms with Crippen LogP contribution < -0.4 is 10.1 Å². The fourth-order valence-corrected chi connectivity index (χ4v) is 1.92. The first-order chi connectivity index (χ1) is 9.69. The molecule has 5 nitrogen and oxygen atoms in total. The minimum atomic E-state index is -0.378. The minimum absolute atomic E-state index is 0.0518. The summed E-state index contributed by atoms with van der Waals surface area (Å²) in [5.74, 6) is 0.367. The van der Waals surface area contributed by atoms with Crippen LogP contribution in [0.3, 0.4) is 0 Å². The van der Waals surface area contributed by atoms with Crippen LogP contribution in [-0.4, -0.2) is 18.1 Å². The zero-order valence-corrected chi connectivity index (χ0v) is 12.4. The molecule has 0 bridgehead atoms. The Bertz CT molecular complexity index is 422. The summed E-state index contributed by atoms with van der Waals surface area (Å²) in [6.07, 6.45) is 4.37. The quantitative estimate of drug-likeness (QED) is 0.403. The van der Waals surface area contributed by atoms with Crippen molar-refractivity contribution in [1.82, 2.24) is 5.32 Å². The maximum atomic E-state index is 11.1. The monoisotopic (exact) mass is 280 g/mol. The van der Waals surface area contributed by atoms with Gasteiger partial charge in [-0.15, -0.1) is 0 Å². The third-order valence-corrected chi connectivity index (χ3v) is 3.05. The van der Waals surface area contributed by atoms with E-state index in [0.717, 1.165) is 24.9 Å². The van der Waals surface area contributed by atoms with Crippen LogP contribution in [0, 0.1) is 10.1 Å². The van der Waals surface area contributed by atoms with Crippen molar-refractivity contribution in [3.05, 3.63) is 33.9 Å². The summed E-state index contributed by atoms with van der Waals surface area (Å²) in [5, 5.41) is 14.2. The summed E-state index contributed by atoms with van der Waals surface area (Å²) in [4.78, 5) is 10.7. The van der Waals surface area contributed by atoms with Crippen molar-refractivity contribution < 1.29 is 9.66 Å². The molecule has 0 aliphatic carbocycles. The molecule has 1 N–H and O–H groups in total. The highest BCUT2D eigenvalue weighted by Crippen LogP contribution is 2.28. The Balaban J connectivity index is 2.62. The van der Waals surface area contributed by atoms with Gasteiger partial charge in [-0.05, 0) is 24.6 Å². The molecule has 5 heteroatoms. The normalized spacial score (nSPS) is 10.5. The summed E-state index contributed by atoms with van der Waals surface area (Å²) < 4.78 is 5.54. The molecule has 112 valence electrons. The highest BCUT2D eigenvalue weighted by atomic mass is 16.6. The van der Waals surface area contributed by atoms with Crippen LogP contribution in [0.25, 0.3) is 0 Å². The topological polar surface area (TPSA) is 64.4 Å². The summed E-state index contributed by atoms with van der Waals surface area (Å²) in [6.45, 7) is 6.15. The van der Waals surface area contributed by atoms with E-state index in [1.165, 1.54) is 12.8 Å². The van der Waals surface area contributed by atoms with E-state index in [9.17, 15) is 10.1 Å². The van der Waals surface area contributed by atoms with Gasteiger partial charge in [0.1, 0.15) is 0 Å². The van der Waals surface area contributed by atoms with Crippen LogP contribution in [-0.2, 0) is 6.54 Å². The summed E-state index contributed by atoms with van der Waals surface area (Å²) >= 11 is 0. The van der Waals surface area contributed by atoms with Crippen molar-refractivity contribution in [1.29, 1.82) is 0 Å². The van der Waals surface area contributed by atoms with Crippen LogP contribution in [0.2, 0.25) is 0 Å². The minimum Gasteiger partial charge on any atom is -0.487 e. The van der Waals surface area contributed by atoms with E-state index < -0.39 is 0 Å². The number of unbranched alkanes of at least 4 members (excludes halogenated alkanes) is 3. The molecule has 1 aromatic carbocycles. The van der Waals surface area contributed by atoms with Gasteiger partial charge in [-0.3, -0.25) is 10.1 Å². The van der Waals surface area contributed by atoms with Gasteiger partial charge in [0.05, 0.1) is 11.5 Å². The summed E-state index contributed by atoms with van der Waals surface area (Å²) in [5.41, 5.74) is 0.952. The van der Waals surface area contributed by atoms with Gasteiger partial charge in [-0.25, -0.2) is 0 Å². The molecule has 0 unspecified atom stereocenters. The predicted octanol–water partition coefficient (Wildman–Crippen LogP) is 3.66. The van der Waals surface area contributed by atoms with Crippen LogP contribution in [0.1, 0.15) is 45.1 Å². The van der Waals surface area contributed by atoms with Gasteiger partial charge in [-0.1, -0.05) is 39.2 Å². The Hall–Kier alpha value is -1.62. The number of benzene rings is 1. The highest BCUT2D eigenvalue weighted by Gasteiger charge is 2.15. The Morgan fingerprint density at radius 2 is 2.05 bits per heavy atom. The molecule has 0 aliphatic heterocycles. The number of ether oxygens (including phenoxy) is 1. The third kappa shape index (κ3) is 5.57. The number of hydrogen-bond donors (Lipinski definition) is 1. The van der Waals surface area contributed by atoms with Crippen molar-refractivity contribution in [2.75, 3.05) is 13.2 Å². The molecular weight excluding hydrogens is 256 g/mol. The Morgan fingerprint density at radius 1 is 1.25 bits per heavy atom. The van der Waals surface area contributed by atoms with Crippen LogP contribution in [0.15, 0.2) is 18.2 Å². The number of nitrogens with one attached hydrogen (secondary N) is 1. The Kier molecular flexibility index (Phi) is 7.65. The van der Waals surface area contributed by atoms with Crippen LogP contribution in [0.5, 0.6) is 5.75 Å². The lowest BCUT2D eigenvalue weighted by atomic mass is 10.2. The molecule has 20 heavy (non-hydrogen) atoms. The van der Waals surface area contributed by atoms with Gasteiger partial charge >= 0.3 is 5.69 Å². The molecule has 0 aromatic heterocycles. The van der Waals surface area contributed by atoms with Gasteiger partial charge < -0.3 is 10.1 Å². The third-order valence-electron chi connectivity index (χ3n) is 3.05. The molecule has 0 atom stereocenters. The fourth-order valence-electron chi connectivity index (χ4n) is 1.92. The van der Waals surface area contributed by atoms with Crippen LogP contribution in [0.4, 0.5) is 5.69 Å². The zero-order chi connectivity index (χ0) is 14.8. The molecule has 0 radical (unpaired) electrons. The number of nitrogens with zero attached hydrogens (tertiary/aromatic N) is 1. The lowest BCUT2D eigenvalue weighted by Crippen LogP contribution is -2.12. The Morgan fingerprint density at radius 3 is 2.70 bits per heavy atom. The van der Waals surface area contributed by atoms with Gasteiger partial charge in [-0.2, -0.15) is 0 Å². The van der Waals surface area contributed by atoms with E-state index >= 15 is 0 Å². The molecule has 0 saturated heterocycles. The number of nitro groups is 1. The molecule has 0 saturated carbocycles. The second kappa shape index (κ2) is 9.31. The predicted molar refractivity (Wildman–Crippen MR) is 80.1 cm³/mol. The first kappa shape index (κ1) is 16.4. The van der Waals surface area contributed by atoms with E-state index in [4.69, 9.17) is 4.74 Å². The molecular formula is C15H24N2O3. The van der Waals surface area contributed by atoms with Gasteiger partial charge in [0.25, 0.3) is 0 Å². The maximum Gasteiger partial charge on any atom is 0.311 e. The van der Waals surface area contributed by atoms with Crippen molar-refractivity contribution in [2.24, 2.45) is 0 Å². The average molecular weight is 280 g/mol. The van der Waals surface area contributed by atoms with Crippen molar-refractivity contribution in [3.63, 3.8) is 0 Å². The van der Waals surface area contributed by atoms with Gasteiger partial charge in [0.2, 0.25) is 0 Å². The van der Waals surface area contributed by atoms with E-state index in [2.05, 4.69) is 12.2 Å². The second-order valence-electron chi connectivity index (χ2n) is 4.75. The summed E-state index contributed by atoms with van der Waals surface area (Å²) in [6, 6.07) is 5.16. The maximum absolute atomic E-state index is 11.1. The van der Waals surface area contributed by atoms with E-state index in [-0.39, 0.29) is 10.6 Å². The lowest BCUT2D eigenvalue weighted by molar-refractivity contribution is -0.385. The SMILES string of the molecule is CCCCCCOc1ccc(CNCC)cc1[N+](=O)[O-]. The van der Waals surface area contributed by atoms with Gasteiger partial charge in [0, 0.05) is 12.6 Å². The molecule has 1 rings (SSSR count). The second-order valence-corrected chi connectivity index (χ2v) is 4.75. The fraction of sp³-hybridized carbons (Fsp3) is 0.600. The van der Waals surface area contributed by atoms with Gasteiger partial charge in [0.15, 0.2) is 5.75 Å². The Labute approximate surface area is 120 Å². The standard InChI is InChI=1S/C15H24N2O3/c1-3-5-6-7-10-20-15-9-8-13(12-16-4-2)11-14(15)17(18)19/h8-9,11,16H,3-7,10,12H2,1-2H3. The number of hydrogen-bond acceptors (Lipinski definition) is 4. The van der Waals surface area contributed by atoms with Crippen molar-refractivity contribution in [2.45, 2.75) is 46.1 Å². The largest absolute Gasteiger partial charge is 0.487 e. The zero-order valence-electron chi connectivity index (χ0n) is 12.4. The first-order valence-corrected chi connectivity index (χ1v) is 7.29. The van der Waals surface area contributed by atoms with Crippen LogP contribution >= 0.6 is 0 Å². The molecule has 1 aromatic rings. The molecule has 0 spiro atoms. The van der Waals surface area contributed by atoms with E-state index in [0.29, 0.717) is 18.9 Å². The lowest BCUT2D eigenvalue weighted by Gasteiger charge is -2.08. The molecule has 0 fully saturated rings. The smallest absolute Gasteiger partial charge is 0.311 e. The number of rotatable bonds is 10. The van der Waals surface area contributed by atoms with E-state index in [1.807, 2.05) is 13.0 Å². The summed E-state index contributed by atoms with van der Waals surface area (Å²) in [7, 11) is 0. The van der Waals surface area contributed by atoms with E-state index in [1.54, 1.807) is 12.1 Å². The first-order valence-electron chi connectivity index (χ1n) is 7.29. The highest BCUT2D eigenvalue weighted by molar-refractivity contribution is 5.48. The number of nitro benzene ring substituents is 1. The van der Waals surface area contributed by atoms with Crippen molar-refractivity contribution >= 4 is 5.69 Å². The molecule has 0 heterocycles. The molecule has 0 aliphatic rings. The van der Waals surface area contributed by atoms with Crippen molar-refractivity contribution in [3.8, 4) is 5.75 Å². The average Bonchev–Trinajstić information content (AvgIpc) is 2.45. The molecule has 0 amide bonds.